The zero-order valence-electron chi connectivity index (χ0n) is 14.5. The van der Waals surface area contributed by atoms with Crippen LogP contribution < -0.4 is 0 Å². The van der Waals surface area contributed by atoms with Gasteiger partial charge in [0.05, 0.1) is 16.4 Å². The molecule has 0 spiro atoms. The Labute approximate surface area is 155 Å². The second-order valence-corrected chi connectivity index (χ2v) is 10.6. The highest BCUT2D eigenvalue weighted by molar-refractivity contribution is 7.91. The number of sulfone groups is 1. The molecule has 1 saturated heterocycles. The molecule has 3 rings (SSSR count). The molecule has 2 aromatic rings. The third-order valence-electron chi connectivity index (χ3n) is 4.69. The van der Waals surface area contributed by atoms with E-state index in [0.29, 0.717) is 25.8 Å². The average Bonchev–Trinajstić information content (AvgIpc) is 3.10. The molecule has 0 aliphatic carbocycles. The van der Waals surface area contributed by atoms with Gasteiger partial charge in [-0.1, -0.05) is 48.5 Å². The van der Waals surface area contributed by atoms with Crippen LogP contribution in [0.3, 0.4) is 0 Å². The Hall–Kier alpha value is -1.70. The smallest absolute Gasteiger partial charge is 0.214 e. The lowest BCUT2D eigenvalue weighted by Gasteiger charge is -2.24. The van der Waals surface area contributed by atoms with Crippen LogP contribution in [0.2, 0.25) is 0 Å². The van der Waals surface area contributed by atoms with E-state index >= 15 is 0 Å². The van der Waals surface area contributed by atoms with Crippen LogP contribution >= 0.6 is 0 Å². The van der Waals surface area contributed by atoms with Gasteiger partial charge in [0.2, 0.25) is 10.0 Å². The van der Waals surface area contributed by atoms with Crippen molar-refractivity contribution in [3.63, 3.8) is 0 Å². The first-order chi connectivity index (χ1) is 12.4. The first kappa shape index (κ1) is 19.1. The summed E-state index contributed by atoms with van der Waals surface area (Å²) in [6.45, 7) is 0.395. The molecule has 0 saturated carbocycles. The minimum atomic E-state index is -3.51. The highest BCUT2D eigenvalue weighted by Gasteiger charge is 2.36. The second-order valence-electron chi connectivity index (χ2n) is 6.55. The van der Waals surface area contributed by atoms with Crippen molar-refractivity contribution < 1.29 is 16.8 Å². The monoisotopic (exact) mass is 393 g/mol. The van der Waals surface area contributed by atoms with Crippen molar-refractivity contribution >= 4 is 19.9 Å². The maximum Gasteiger partial charge on any atom is 0.214 e. The van der Waals surface area contributed by atoms with Crippen molar-refractivity contribution in [2.75, 3.05) is 18.1 Å². The normalized spacial score (nSPS) is 18.8. The van der Waals surface area contributed by atoms with Crippen LogP contribution in [-0.4, -0.2) is 45.2 Å². The van der Waals surface area contributed by atoms with Crippen LogP contribution in [0.15, 0.2) is 65.6 Å². The zero-order chi connectivity index (χ0) is 18.6. The third kappa shape index (κ3) is 4.52. The quantitative estimate of drug-likeness (QED) is 0.725. The van der Waals surface area contributed by atoms with E-state index < -0.39 is 25.9 Å². The van der Waals surface area contributed by atoms with E-state index in [4.69, 9.17) is 0 Å². The van der Waals surface area contributed by atoms with Crippen molar-refractivity contribution in [1.29, 1.82) is 0 Å². The molecule has 1 fully saturated rings. The van der Waals surface area contributed by atoms with E-state index in [2.05, 4.69) is 0 Å². The summed E-state index contributed by atoms with van der Waals surface area (Å²) in [7, 11) is -7.00. The van der Waals surface area contributed by atoms with Gasteiger partial charge in [0.1, 0.15) is 0 Å². The lowest BCUT2D eigenvalue weighted by molar-refractivity contribution is 0.407. The predicted molar refractivity (Wildman–Crippen MR) is 102 cm³/mol. The Kier molecular flexibility index (Phi) is 5.79. The van der Waals surface area contributed by atoms with Gasteiger partial charge in [-0.3, -0.25) is 0 Å². The maximum absolute atomic E-state index is 12.8. The summed E-state index contributed by atoms with van der Waals surface area (Å²) in [5, 5.41) is 0. The second kappa shape index (κ2) is 7.90. The van der Waals surface area contributed by atoms with Crippen LogP contribution in [0.4, 0.5) is 0 Å². The van der Waals surface area contributed by atoms with E-state index in [1.807, 2.05) is 30.3 Å². The minimum Gasteiger partial charge on any atom is -0.224 e. The van der Waals surface area contributed by atoms with Gasteiger partial charge in [-0.15, -0.1) is 0 Å². The summed E-state index contributed by atoms with van der Waals surface area (Å²) in [6.07, 6.45) is 1.70. The predicted octanol–water partition coefficient (Wildman–Crippen LogP) is 2.50. The molecule has 140 valence electrons. The third-order valence-corrected chi connectivity index (χ3v) is 8.42. The summed E-state index contributed by atoms with van der Waals surface area (Å²) in [5.74, 6) is -0.166. The molecule has 0 bridgehead atoms. The Bertz CT molecular complexity index is 926. The molecule has 0 N–H and O–H groups in total. The molecule has 0 radical (unpaired) electrons. The van der Waals surface area contributed by atoms with Crippen molar-refractivity contribution in [1.82, 2.24) is 4.31 Å². The van der Waals surface area contributed by atoms with Gasteiger partial charge in [0, 0.05) is 12.6 Å². The van der Waals surface area contributed by atoms with E-state index in [1.165, 1.54) is 4.31 Å². The van der Waals surface area contributed by atoms with Crippen LogP contribution in [0.25, 0.3) is 0 Å². The summed E-state index contributed by atoms with van der Waals surface area (Å²) < 4.78 is 52.2. The number of aryl methyl sites for hydroxylation is 1. The van der Waals surface area contributed by atoms with Crippen LogP contribution in [0.1, 0.15) is 18.4 Å². The number of hydrogen-bond donors (Lipinski definition) is 0. The van der Waals surface area contributed by atoms with E-state index in [-0.39, 0.29) is 16.4 Å². The van der Waals surface area contributed by atoms with E-state index in [1.54, 1.807) is 30.3 Å². The molecule has 5 nitrogen and oxygen atoms in total. The lowest BCUT2D eigenvalue weighted by atomic mass is 10.2. The number of rotatable bonds is 7. The van der Waals surface area contributed by atoms with Gasteiger partial charge in [-0.25, -0.2) is 16.8 Å². The summed E-state index contributed by atoms with van der Waals surface area (Å²) in [5.41, 5.74) is 0.962. The molecule has 2 aromatic carbocycles. The minimum absolute atomic E-state index is 0.00109. The molecule has 0 aromatic heterocycles. The molecule has 0 amide bonds. The molecule has 0 unspecified atom stereocenters. The molecule has 7 heteroatoms. The number of sulfonamides is 1. The van der Waals surface area contributed by atoms with Gasteiger partial charge in [0.25, 0.3) is 0 Å². The van der Waals surface area contributed by atoms with Gasteiger partial charge < -0.3 is 0 Å². The average molecular weight is 394 g/mol. The molecule has 1 atom stereocenters. The molecule has 26 heavy (non-hydrogen) atoms. The fourth-order valence-electron chi connectivity index (χ4n) is 3.33. The Morgan fingerprint density at radius 1 is 0.885 bits per heavy atom. The maximum atomic E-state index is 12.8. The molecular formula is C19H23NO4S2. The Balaban J connectivity index is 1.71. The van der Waals surface area contributed by atoms with Crippen LogP contribution in [-0.2, 0) is 26.3 Å². The van der Waals surface area contributed by atoms with Crippen molar-refractivity contribution in [2.45, 2.75) is 30.2 Å². The molecule has 1 aliphatic rings. The van der Waals surface area contributed by atoms with Gasteiger partial charge in [-0.2, -0.15) is 4.31 Å². The molecule has 1 heterocycles. The summed E-state index contributed by atoms with van der Waals surface area (Å²) in [4.78, 5) is 0.244. The van der Waals surface area contributed by atoms with Gasteiger partial charge >= 0.3 is 0 Å². The van der Waals surface area contributed by atoms with Crippen molar-refractivity contribution in [2.24, 2.45) is 0 Å². The van der Waals surface area contributed by atoms with Crippen LogP contribution in [0.5, 0.6) is 0 Å². The molecular weight excluding hydrogens is 370 g/mol. The Morgan fingerprint density at radius 3 is 2.15 bits per heavy atom. The highest BCUT2D eigenvalue weighted by atomic mass is 32.2. The van der Waals surface area contributed by atoms with Crippen LogP contribution in [0, 0.1) is 0 Å². The largest absolute Gasteiger partial charge is 0.224 e. The van der Waals surface area contributed by atoms with Crippen molar-refractivity contribution in [3.8, 4) is 0 Å². The number of hydrogen-bond acceptors (Lipinski definition) is 4. The van der Waals surface area contributed by atoms with Crippen molar-refractivity contribution in [3.05, 3.63) is 66.2 Å². The first-order valence-electron chi connectivity index (χ1n) is 8.70. The summed E-state index contributed by atoms with van der Waals surface area (Å²) in [6, 6.07) is 17.2. The standard InChI is InChI=1S/C19H23NO4S2/c21-25(22,19-11-5-2-6-12-19)16-18-10-7-14-20(18)26(23,24)15-13-17-8-3-1-4-9-17/h1-6,8-9,11-12,18H,7,10,13-16H2/t18-/m0/s1. The lowest BCUT2D eigenvalue weighted by Crippen LogP contribution is -2.41. The Morgan fingerprint density at radius 2 is 1.50 bits per heavy atom. The number of benzene rings is 2. The molecule has 1 aliphatic heterocycles. The van der Waals surface area contributed by atoms with Gasteiger partial charge in [-0.05, 0) is 37.0 Å². The zero-order valence-corrected chi connectivity index (χ0v) is 16.1. The highest BCUT2D eigenvalue weighted by Crippen LogP contribution is 2.25. The SMILES string of the molecule is O=S(=O)(C[C@@H]1CCCN1S(=O)(=O)CCc1ccccc1)c1ccccc1. The first-order valence-corrected chi connectivity index (χ1v) is 12.0. The summed E-state index contributed by atoms with van der Waals surface area (Å²) >= 11 is 0. The fraction of sp³-hybridized carbons (Fsp3) is 0.368. The van der Waals surface area contributed by atoms with E-state index in [9.17, 15) is 16.8 Å². The van der Waals surface area contributed by atoms with Gasteiger partial charge in [0.15, 0.2) is 9.84 Å². The number of nitrogens with zero attached hydrogens (tertiary/aromatic N) is 1. The topological polar surface area (TPSA) is 71.5 Å². The van der Waals surface area contributed by atoms with E-state index in [0.717, 1.165) is 5.56 Å². The fourth-order valence-corrected chi connectivity index (χ4v) is 6.81.